The van der Waals surface area contributed by atoms with E-state index in [-0.39, 0.29) is 23.8 Å². The monoisotopic (exact) mass is 432 g/mol. The van der Waals surface area contributed by atoms with Crippen molar-refractivity contribution in [3.05, 3.63) is 28.8 Å². The summed E-state index contributed by atoms with van der Waals surface area (Å²) in [4.78, 5) is 19.7. The Hall–Kier alpha value is -1.93. The van der Waals surface area contributed by atoms with Crippen LogP contribution >= 0.6 is 0 Å². The highest BCUT2D eigenvalue weighted by Gasteiger charge is 2.49. The first-order valence-corrected chi connectivity index (χ1v) is 12.2. The van der Waals surface area contributed by atoms with Gasteiger partial charge in [0.05, 0.1) is 10.9 Å². The van der Waals surface area contributed by atoms with Crippen molar-refractivity contribution in [2.75, 3.05) is 13.1 Å². The lowest BCUT2D eigenvalue weighted by Gasteiger charge is -2.35. The summed E-state index contributed by atoms with van der Waals surface area (Å²) in [5, 5.41) is 0. The van der Waals surface area contributed by atoms with Crippen molar-refractivity contribution in [1.82, 2.24) is 9.21 Å². The Morgan fingerprint density at radius 3 is 2.67 bits per heavy atom. The Kier molecular flexibility index (Phi) is 5.01. The smallest absolute Gasteiger partial charge is 0.257 e. The number of rotatable bonds is 4. The Bertz CT molecular complexity index is 1030. The van der Waals surface area contributed by atoms with Gasteiger partial charge in [0, 0.05) is 13.1 Å². The Morgan fingerprint density at radius 1 is 1.30 bits per heavy atom. The molecule has 0 bridgehead atoms. The predicted octanol–water partition coefficient (Wildman–Crippen LogP) is 2.72. The molecule has 1 saturated heterocycles. The van der Waals surface area contributed by atoms with Gasteiger partial charge < -0.3 is 5.73 Å². The second-order valence-corrected chi connectivity index (χ2v) is 11.6. The van der Waals surface area contributed by atoms with E-state index < -0.39 is 15.6 Å². The lowest BCUT2D eigenvalue weighted by molar-refractivity contribution is -0.131. The number of guanidine groups is 1. The minimum absolute atomic E-state index is 0.0396. The van der Waals surface area contributed by atoms with Gasteiger partial charge in [-0.3, -0.25) is 9.69 Å². The molecule has 4 rings (SSSR count). The molecule has 0 spiro atoms. The standard InChI is InChI=1S/C22H32N4O3S/c1-13(2)11-22(5)20(27)25(21(23)24-22)12-16-6-7-26-18(10-16)17-9-14(3)8-15(4)19(17)30(26,28)29/h8-9,13,16,18H,6-7,10-12H2,1-5H3,(H2,23,24). The molecule has 2 N–H and O–H groups in total. The fraction of sp³-hybridized carbons (Fsp3) is 0.636. The third-order valence-corrected chi connectivity index (χ3v) is 8.75. The number of amides is 1. The molecule has 0 aromatic heterocycles. The van der Waals surface area contributed by atoms with Crippen LogP contribution in [0.5, 0.6) is 0 Å². The molecule has 3 atom stereocenters. The summed E-state index contributed by atoms with van der Waals surface area (Å²) in [6, 6.07) is 3.77. The highest BCUT2D eigenvalue weighted by atomic mass is 32.2. The summed E-state index contributed by atoms with van der Waals surface area (Å²) in [6.45, 7) is 10.8. The number of carbonyl (C=O) groups is 1. The number of hydrogen-bond donors (Lipinski definition) is 1. The van der Waals surface area contributed by atoms with Gasteiger partial charge in [-0.15, -0.1) is 0 Å². The van der Waals surface area contributed by atoms with Crippen LogP contribution in [0.3, 0.4) is 0 Å². The number of aliphatic imine (C=N–C) groups is 1. The molecule has 3 heterocycles. The molecule has 8 heteroatoms. The largest absolute Gasteiger partial charge is 0.369 e. The molecule has 1 aromatic carbocycles. The first-order valence-electron chi connectivity index (χ1n) is 10.7. The molecule has 1 fully saturated rings. The molecule has 1 aromatic rings. The first kappa shape index (κ1) is 21.3. The molecule has 0 aliphatic carbocycles. The van der Waals surface area contributed by atoms with Crippen LogP contribution in [0.4, 0.5) is 0 Å². The van der Waals surface area contributed by atoms with Gasteiger partial charge in [-0.05, 0) is 63.0 Å². The van der Waals surface area contributed by atoms with E-state index in [4.69, 9.17) is 5.73 Å². The number of sulfonamides is 1. The van der Waals surface area contributed by atoms with Gasteiger partial charge in [0.25, 0.3) is 5.91 Å². The van der Waals surface area contributed by atoms with Gasteiger partial charge in [-0.2, -0.15) is 4.31 Å². The van der Waals surface area contributed by atoms with Gasteiger partial charge in [0.1, 0.15) is 5.54 Å². The number of carbonyl (C=O) groups excluding carboxylic acids is 1. The maximum absolute atomic E-state index is 13.1. The zero-order valence-corrected chi connectivity index (χ0v) is 19.3. The van der Waals surface area contributed by atoms with Crippen LogP contribution in [-0.2, 0) is 14.8 Å². The molecule has 3 aliphatic rings. The number of hydrogen-bond acceptors (Lipinski definition) is 5. The SMILES string of the molecule is Cc1cc(C)c2c(c1)C1CC(CN3C(=O)C(C)(CC(C)C)N=C3N)CCN1S2(=O)=O. The maximum atomic E-state index is 13.1. The predicted molar refractivity (Wildman–Crippen MR) is 116 cm³/mol. The lowest BCUT2D eigenvalue weighted by Crippen LogP contribution is -2.47. The molecule has 3 aliphatic heterocycles. The van der Waals surface area contributed by atoms with Gasteiger partial charge in [0.2, 0.25) is 10.0 Å². The first-order chi connectivity index (χ1) is 13.9. The second kappa shape index (κ2) is 7.05. The fourth-order valence-corrected chi connectivity index (χ4v) is 7.65. The number of benzene rings is 1. The topological polar surface area (TPSA) is 96.1 Å². The molecular formula is C22H32N4O3S. The summed E-state index contributed by atoms with van der Waals surface area (Å²) in [5.41, 5.74) is 8.14. The van der Waals surface area contributed by atoms with Gasteiger partial charge in [-0.1, -0.05) is 31.5 Å². The maximum Gasteiger partial charge on any atom is 0.257 e. The third-order valence-electron chi connectivity index (χ3n) is 6.63. The number of nitrogens with two attached hydrogens (primary N) is 1. The van der Waals surface area contributed by atoms with Crippen LogP contribution < -0.4 is 5.73 Å². The highest BCUT2D eigenvalue weighted by molar-refractivity contribution is 7.89. The second-order valence-electron chi connectivity index (χ2n) is 9.78. The van der Waals surface area contributed by atoms with E-state index in [1.165, 1.54) is 0 Å². The average Bonchev–Trinajstić information content (AvgIpc) is 2.96. The Balaban J connectivity index is 1.56. The summed E-state index contributed by atoms with van der Waals surface area (Å²) < 4.78 is 27.9. The zero-order valence-electron chi connectivity index (χ0n) is 18.5. The molecular weight excluding hydrogens is 400 g/mol. The average molecular weight is 433 g/mol. The van der Waals surface area contributed by atoms with Crippen LogP contribution in [0.25, 0.3) is 0 Å². The molecule has 0 saturated carbocycles. The van der Waals surface area contributed by atoms with Gasteiger partial charge >= 0.3 is 0 Å². The lowest BCUT2D eigenvalue weighted by atomic mass is 9.86. The normalized spacial score (nSPS) is 30.5. The van der Waals surface area contributed by atoms with Gasteiger partial charge in [-0.25, -0.2) is 13.4 Å². The molecule has 0 radical (unpaired) electrons. The number of fused-ring (bicyclic) bond motifs is 3. The number of nitrogens with zero attached hydrogens (tertiary/aromatic N) is 3. The molecule has 7 nitrogen and oxygen atoms in total. The van der Waals surface area contributed by atoms with Crippen LogP contribution in [0.2, 0.25) is 0 Å². The summed E-state index contributed by atoms with van der Waals surface area (Å²) >= 11 is 0. The summed E-state index contributed by atoms with van der Waals surface area (Å²) in [6.07, 6.45) is 2.06. The fourth-order valence-electron chi connectivity index (χ4n) is 5.58. The molecule has 1 amide bonds. The quantitative estimate of drug-likeness (QED) is 0.791. The van der Waals surface area contributed by atoms with E-state index in [2.05, 4.69) is 18.8 Å². The minimum atomic E-state index is -3.45. The van der Waals surface area contributed by atoms with Crippen LogP contribution in [0.15, 0.2) is 22.0 Å². The van der Waals surface area contributed by atoms with E-state index in [1.54, 1.807) is 9.21 Å². The molecule has 30 heavy (non-hydrogen) atoms. The van der Waals surface area contributed by atoms with Crippen molar-refractivity contribution < 1.29 is 13.2 Å². The number of piperidine rings is 1. The Labute approximate surface area is 179 Å². The van der Waals surface area contributed by atoms with Gasteiger partial charge in [0.15, 0.2) is 5.96 Å². The van der Waals surface area contributed by atoms with Crippen LogP contribution in [-0.4, -0.2) is 48.1 Å². The zero-order chi connectivity index (χ0) is 22.0. The third kappa shape index (κ3) is 3.24. The summed E-state index contributed by atoms with van der Waals surface area (Å²) in [5.74, 6) is 0.761. The Morgan fingerprint density at radius 2 is 2.00 bits per heavy atom. The van der Waals surface area contributed by atoms with Crippen molar-refractivity contribution >= 4 is 21.9 Å². The van der Waals surface area contributed by atoms with Crippen molar-refractivity contribution in [2.45, 2.75) is 70.4 Å². The highest BCUT2D eigenvalue weighted by Crippen LogP contribution is 2.48. The van der Waals surface area contributed by atoms with E-state index in [0.717, 1.165) is 16.7 Å². The molecule has 164 valence electrons. The summed E-state index contributed by atoms with van der Waals surface area (Å²) in [7, 11) is -3.45. The molecule has 3 unspecified atom stereocenters. The van der Waals surface area contributed by atoms with Crippen molar-refractivity contribution in [3.63, 3.8) is 0 Å². The van der Waals surface area contributed by atoms with Crippen molar-refractivity contribution in [1.29, 1.82) is 0 Å². The van der Waals surface area contributed by atoms with Crippen molar-refractivity contribution in [3.8, 4) is 0 Å². The van der Waals surface area contributed by atoms with Crippen LogP contribution in [0.1, 0.15) is 62.8 Å². The van der Waals surface area contributed by atoms with E-state index in [0.29, 0.717) is 43.2 Å². The van der Waals surface area contributed by atoms with E-state index >= 15 is 0 Å². The minimum Gasteiger partial charge on any atom is -0.369 e. The number of aryl methyl sites for hydroxylation is 2. The van der Waals surface area contributed by atoms with Crippen LogP contribution in [0, 0.1) is 25.7 Å². The van der Waals surface area contributed by atoms with E-state index in [9.17, 15) is 13.2 Å². The van der Waals surface area contributed by atoms with E-state index in [1.807, 2.05) is 32.9 Å². The van der Waals surface area contributed by atoms with Crippen molar-refractivity contribution in [2.24, 2.45) is 22.6 Å².